The van der Waals surface area contributed by atoms with Crippen LogP contribution >= 0.6 is 0 Å². The molecule has 1 aromatic rings. The first-order valence-electron chi connectivity index (χ1n) is 5.59. The molecule has 2 rings (SSSR count). The van der Waals surface area contributed by atoms with E-state index < -0.39 is 11.7 Å². The summed E-state index contributed by atoms with van der Waals surface area (Å²) in [5.74, 6) is -0.131. The summed E-state index contributed by atoms with van der Waals surface area (Å²) in [6, 6.07) is 3.76. The van der Waals surface area contributed by atoms with Crippen LogP contribution < -0.4 is 10.1 Å². The van der Waals surface area contributed by atoms with Crippen LogP contribution in [0.25, 0.3) is 0 Å². The summed E-state index contributed by atoms with van der Waals surface area (Å²) in [7, 11) is 1.25. The summed E-state index contributed by atoms with van der Waals surface area (Å²) in [4.78, 5) is 0. The molecule has 0 amide bonds. The van der Waals surface area contributed by atoms with Crippen LogP contribution in [-0.2, 0) is 10.9 Å². The van der Waals surface area contributed by atoms with E-state index in [9.17, 15) is 13.2 Å². The average molecular weight is 261 g/mol. The summed E-state index contributed by atoms with van der Waals surface area (Å²) in [5.41, 5.74) is -0.276. The van der Waals surface area contributed by atoms with Gasteiger partial charge in [0.1, 0.15) is 5.75 Å². The van der Waals surface area contributed by atoms with Crippen molar-refractivity contribution in [3.05, 3.63) is 29.3 Å². The van der Waals surface area contributed by atoms with Gasteiger partial charge in [-0.15, -0.1) is 0 Å². The zero-order valence-corrected chi connectivity index (χ0v) is 9.88. The predicted molar refractivity (Wildman–Crippen MR) is 59.6 cm³/mol. The number of hydrogen-bond donors (Lipinski definition) is 1. The lowest BCUT2D eigenvalue weighted by Crippen LogP contribution is -2.35. The zero-order valence-electron chi connectivity index (χ0n) is 9.88. The van der Waals surface area contributed by atoms with Crippen LogP contribution in [0.1, 0.15) is 17.2 Å². The Hall–Kier alpha value is -1.27. The van der Waals surface area contributed by atoms with Gasteiger partial charge in [-0.25, -0.2) is 0 Å². The highest BCUT2D eigenvalue weighted by Gasteiger charge is 2.36. The van der Waals surface area contributed by atoms with Crippen molar-refractivity contribution in [2.24, 2.45) is 0 Å². The molecule has 0 radical (unpaired) electrons. The fourth-order valence-corrected chi connectivity index (χ4v) is 2.05. The van der Waals surface area contributed by atoms with Crippen molar-refractivity contribution in [3.63, 3.8) is 0 Å². The van der Waals surface area contributed by atoms with Crippen LogP contribution in [0, 0.1) is 0 Å². The molecule has 0 spiro atoms. The van der Waals surface area contributed by atoms with E-state index in [0.717, 1.165) is 6.07 Å². The smallest absolute Gasteiger partial charge is 0.419 e. The van der Waals surface area contributed by atoms with Crippen molar-refractivity contribution in [1.29, 1.82) is 0 Å². The summed E-state index contributed by atoms with van der Waals surface area (Å²) in [6.45, 7) is 1.53. The predicted octanol–water partition coefficient (Wildman–Crippen LogP) is 2.37. The Balaban J connectivity index is 2.40. The Kier molecular flexibility index (Phi) is 3.77. The van der Waals surface area contributed by atoms with Crippen LogP contribution in [0.15, 0.2) is 18.2 Å². The van der Waals surface area contributed by atoms with E-state index in [-0.39, 0.29) is 11.8 Å². The Morgan fingerprint density at radius 3 is 2.72 bits per heavy atom. The van der Waals surface area contributed by atoms with E-state index in [2.05, 4.69) is 5.32 Å². The molecule has 1 aromatic carbocycles. The monoisotopic (exact) mass is 261 g/mol. The van der Waals surface area contributed by atoms with Crippen LogP contribution in [0.5, 0.6) is 5.75 Å². The third kappa shape index (κ3) is 2.59. The number of ether oxygens (including phenoxy) is 2. The van der Waals surface area contributed by atoms with Gasteiger partial charge in [0.25, 0.3) is 0 Å². The summed E-state index contributed by atoms with van der Waals surface area (Å²) in [6.07, 6.45) is -4.42. The van der Waals surface area contributed by atoms with Crippen molar-refractivity contribution in [2.75, 3.05) is 26.9 Å². The third-order valence-electron chi connectivity index (χ3n) is 2.85. The standard InChI is InChI=1S/C12H14F3NO2/c1-17-11-8(10-7-18-6-5-16-10)3-2-4-9(11)12(13,14)15/h2-4,10,16H,5-7H2,1H3. The van der Waals surface area contributed by atoms with E-state index in [0.29, 0.717) is 25.3 Å². The van der Waals surface area contributed by atoms with Crippen molar-refractivity contribution in [3.8, 4) is 5.75 Å². The molecular weight excluding hydrogens is 247 g/mol. The Labute approximate surface area is 103 Å². The number of methoxy groups -OCH3 is 1. The number of rotatable bonds is 2. The largest absolute Gasteiger partial charge is 0.496 e. The molecule has 1 unspecified atom stereocenters. The summed E-state index contributed by atoms with van der Waals surface area (Å²) < 4.78 is 48.8. The van der Waals surface area contributed by atoms with Crippen molar-refractivity contribution >= 4 is 0 Å². The molecule has 1 N–H and O–H groups in total. The maximum atomic E-state index is 12.9. The first-order chi connectivity index (χ1) is 8.54. The molecule has 0 aromatic heterocycles. The number of morpholine rings is 1. The topological polar surface area (TPSA) is 30.5 Å². The van der Waals surface area contributed by atoms with Crippen molar-refractivity contribution in [2.45, 2.75) is 12.2 Å². The lowest BCUT2D eigenvalue weighted by atomic mass is 10.0. The highest BCUT2D eigenvalue weighted by molar-refractivity contribution is 5.45. The molecule has 6 heteroatoms. The van der Waals surface area contributed by atoms with E-state index in [1.807, 2.05) is 0 Å². The Morgan fingerprint density at radius 2 is 2.17 bits per heavy atom. The van der Waals surface area contributed by atoms with Gasteiger partial charge in [-0.2, -0.15) is 13.2 Å². The number of hydrogen-bond acceptors (Lipinski definition) is 3. The molecule has 0 aliphatic carbocycles. The zero-order chi connectivity index (χ0) is 13.2. The SMILES string of the molecule is COc1c(C2COCCN2)cccc1C(F)(F)F. The molecule has 0 saturated carbocycles. The fraction of sp³-hybridized carbons (Fsp3) is 0.500. The lowest BCUT2D eigenvalue weighted by Gasteiger charge is -2.26. The number of benzene rings is 1. The summed E-state index contributed by atoms with van der Waals surface area (Å²) >= 11 is 0. The van der Waals surface area contributed by atoms with Crippen LogP contribution in [0.2, 0.25) is 0 Å². The highest BCUT2D eigenvalue weighted by atomic mass is 19.4. The third-order valence-corrected chi connectivity index (χ3v) is 2.85. The van der Waals surface area contributed by atoms with Gasteiger partial charge in [-0.05, 0) is 6.07 Å². The minimum absolute atomic E-state index is 0.131. The molecule has 1 heterocycles. The van der Waals surface area contributed by atoms with E-state index >= 15 is 0 Å². The van der Waals surface area contributed by atoms with Gasteiger partial charge in [-0.1, -0.05) is 12.1 Å². The van der Waals surface area contributed by atoms with E-state index in [1.165, 1.54) is 13.2 Å². The first kappa shape index (κ1) is 13.2. The first-order valence-corrected chi connectivity index (χ1v) is 5.59. The van der Waals surface area contributed by atoms with Gasteiger partial charge in [0.15, 0.2) is 0 Å². The maximum absolute atomic E-state index is 12.9. The molecular formula is C12H14F3NO2. The van der Waals surface area contributed by atoms with E-state index in [4.69, 9.17) is 9.47 Å². The number of alkyl halides is 3. The van der Waals surface area contributed by atoms with Crippen LogP contribution in [0.4, 0.5) is 13.2 Å². The van der Waals surface area contributed by atoms with Crippen molar-refractivity contribution < 1.29 is 22.6 Å². The molecule has 3 nitrogen and oxygen atoms in total. The molecule has 100 valence electrons. The minimum Gasteiger partial charge on any atom is -0.496 e. The minimum atomic E-state index is -4.42. The second kappa shape index (κ2) is 5.16. The normalized spacial score (nSPS) is 20.8. The van der Waals surface area contributed by atoms with Crippen LogP contribution in [0.3, 0.4) is 0 Å². The fourth-order valence-electron chi connectivity index (χ4n) is 2.05. The number of nitrogens with one attached hydrogen (secondary N) is 1. The Bertz CT molecular complexity index is 414. The summed E-state index contributed by atoms with van der Waals surface area (Å²) in [5, 5.41) is 3.12. The average Bonchev–Trinajstić information content (AvgIpc) is 2.37. The molecule has 1 aliphatic rings. The van der Waals surface area contributed by atoms with Crippen LogP contribution in [-0.4, -0.2) is 26.9 Å². The van der Waals surface area contributed by atoms with Gasteiger partial charge in [0.2, 0.25) is 0 Å². The Morgan fingerprint density at radius 1 is 1.39 bits per heavy atom. The maximum Gasteiger partial charge on any atom is 0.419 e. The van der Waals surface area contributed by atoms with Gasteiger partial charge in [0.05, 0.1) is 31.9 Å². The molecule has 1 saturated heterocycles. The molecule has 1 aliphatic heterocycles. The van der Waals surface area contributed by atoms with E-state index in [1.54, 1.807) is 6.07 Å². The van der Waals surface area contributed by atoms with Gasteiger partial charge in [0, 0.05) is 12.1 Å². The number of para-hydroxylation sites is 1. The van der Waals surface area contributed by atoms with Gasteiger partial charge < -0.3 is 14.8 Å². The quantitative estimate of drug-likeness (QED) is 0.886. The molecule has 1 fully saturated rings. The number of halogens is 3. The van der Waals surface area contributed by atoms with Gasteiger partial charge >= 0.3 is 6.18 Å². The molecule has 18 heavy (non-hydrogen) atoms. The molecule has 0 bridgehead atoms. The highest BCUT2D eigenvalue weighted by Crippen LogP contribution is 2.40. The lowest BCUT2D eigenvalue weighted by molar-refractivity contribution is -0.138. The van der Waals surface area contributed by atoms with Crippen molar-refractivity contribution in [1.82, 2.24) is 5.32 Å². The van der Waals surface area contributed by atoms with Gasteiger partial charge in [-0.3, -0.25) is 0 Å². The second-order valence-corrected chi connectivity index (χ2v) is 4.01. The molecule has 1 atom stereocenters. The second-order valence-electron chi connectivity index (χ2n) is 4.01.